The molecule has 2 aromatic heterocycles. The number of nitrogens with one attached hydrogen (secondary N) is 2. The molecule has 0 aliphatic heterocycles. The second kappa shape index (κ2) is 9.95. The molecule has 0 fully saturated rings. The second-order valence-electron chi connectivity index (χ2n) is 7.54. The molecule has 0 aliphatic carbocycles. The Morgan fingerprint density at radius 2 is 1.97 bits per heavy atom. The number of benzene rings is 2. The molecule has 188 valence electrons. The van der Waals surface area contributed by atoms with E-state index in [9.17, 15) is 18.0 Å². The fourth-order valence-corrected chi connectivity index (χ4v) is 4.74. The summed E-state index contributed by atoms with van der Waals surface area (Å²) in [5.41, 5.74) is 6.60. The van der Waals surface area contributed by atoms with E-state index in [0.29, 0.717) is 23.2 Å². The summed E-state index contributed by atoms with van der Waals surface area (Å²) in [5.74, 6) is -0.332. The smallest absolute Gasteiger partial charge is 0.404 e. The van der Waals surface area contributed by atoms with E-state index < -0.39 is 22.0 Å². The molecule has 0 unspecified atom stereocenters. The van der Waals surface area contributed by atoms with E-state index in [1.54, 1.807) is 29.1 Å². The van der Waals surface area contributed by atoms with Gasteiger partial charge in [0.05, 0.1) is 25.4 Å². The number of fused-ring (bicyclic) bond motifs is 1. The van der Waals surface area contributed by atoms with E-state index in [-0.39, 0.29) is 28.5 Å². The maximum absolute atomic E-state index is 13.1. The number of nitrogens with zero attached hydrogens (tertiary/aromatic N) is 3. The summed E-state index contributed by atoms with van der Waals surface area (Å²) in [6.07, 6.45) is 2.34. The number of hydrogen-bond acceptors (Lipinski definition) is 9. The van der Waals surface area contributed by atoms with E-state index in [0.717, 1.165) is 5.56 Å². The Morgan fingerprint density at radius 1 is 1.19 bits per heavy atom. The lowest BCUT2D eigenvalue weighted by molar-refractivity contribution is 0.0959. The molecule has 2 heterocycles. The average Bonchev–Trinajstić information content (AvgIpc) is 3.48. The maximum atomic E-state index is 13.1. The molecule has 0 atom stereocenters. The van der Waals surface area contributed by atoms with Crippen molar-refractivity contribution in [3.05, 3.63) is 65.5 Å². The lowest BCUT2D eigenvalue weighted by atomic mass is 10.1. The van der Waals surface area contributed by atoms with E-state index >= 15 is 0 Å². The van der Waals surface area contributed by atoms with Crippen molar-refractivity contribution in [1.82, 2.24) is 20.3 Å². The molecule has 4 N–H and O–H groups in total. The minimum Gasteiger partial charge on any atom is -0.496 e. The Balaban J connectivity index is 1.63. The van der Waals surface area contributed by atoms with Crippen molar-refractivity contribution in [1.29, 1.82) is 0 Å². The van der Waals surface area contributed by atoms with E-state index in [1.165, 1.54) is 38.6 Å². The monoisotopic (exact) mass is 514 g/mol. The molecule has 2 amide bonds. The van der Waals surface area contributed by atoms with Crippen molar-refractivity contribution in [2.45, 2.75) is 18.0 Å². The van der Waals surface area contributed by atoms with Crippen molar-refractivity contribution in [2.24, 2.45) is 5.73 Å². The highest BCUT2D eigenvalue weighted by molar-refractivity contribution is 7.92. The van der Waals surface area contributed by atoms with Crippen molar-refractivity contribution in [2.75, 3.05) is 18.9 Å². The minimum absolute atomic E-state index is 0.00760. The molecule has 0 bridgehead atoms. The van der Waals surface area contributed by atoms with Gasteiger partial charge in [-0.2, -0.15) is 5.10 Å². The molecule has 14 heteroatoms. The van der Waals surface area contributed by atoms with Gasteiger partial charge in [-0.1, -0.05) is 17.3 Å². The number of amides is 2. The van der Waals surface area contributed by atoms with Crippen molar-refractivity contribution in [3.8, 4) is 5.75 Å². The van der Waals surface area contributed by atoms with Gasteiger partial charge in [0.1, 0.15) is 22.6 Å². The van der Waals surface area contributed by atoms with E-state index in [1.807, 2.05) is 0 Å². The number of hydrogen-bond donors (Lipinski definition) is 3. The second-order valence-corrected chi connectivity index (χ2v) is 9.19. The number of rotatable bonds is 9. The SMILES string of the molecule is CNC(=O)c1ccccc1S(=O)(=O)Nc1noc2cc(Cn3cc(COC(N)=O)cn3)cc(OC)c12. The van der Waals surface area contributed by atoms with Gasteiger partial charge in [-0.3, -0.25) is 14.2 Å². The molecule has 0 aliphatic rings. The highest BCUT2D eigenvalue weighted by Gasteiger charge is 2.25. The number of ether oxygens (including phenoxy) is 2. The first-order valence-corrected chi connectivity index (χ1v) is 11.9. The zero-order valence-corrected chi connectivity index (χ0v) is 20.0. The lowest BCUT2D eigenvalue weighted by Gasteiger charge is -2.11. The quantitative estimate of drug-likeness (QED) is 0.300. The van der Waals surface area contributed by atoms with Crippen LogP contribution in [0.15, 0.2) is 58.2 Å². The number of aromatic nitrogens is 3. The first-order chi connectivity index (χ1) is 17.2. The average molecular weight is 515 g/mol. The van der Waals surface area contributed by atoms with Crippen LogP contribution in [0.4, 0.5) is 10.6 Å². The summed E-state index contributed by atoms with van der Waals surface area (Å²) in [7, 11) is -1.36. The molecule has 0 saturated carbocycles. The third-order valence-electron chi connectivity index (χ3n) is 5.11. The van der Waals surface area contributed by atoms with Crippen LogP contribution in [0.1, 0.15) is 21.5 Å². The van der Waals surface area contributed by atoms with Crippen LogP contribution in [0.5, 0.6) is 5.75 Å². The number of sulfonamides is 1. The van der Waals surface area contributed by atoms with E-state index in [4.69, 9.17) is 19.7 Å². The first-order valence-electron chi connectivity index (χ1n) is 10.5. The van der Waals surface area contributed by atoms with E-state index in [2.05, 4.69) is 20.3 Å². The fourth-order valence-electron chi connectivity index (χ4n) is 3.53. The van der Waals surface area contributed by atoms with Gasteiger partial charge in [0, 0.05) is 18.8 Å². The topological polar surface area (TPSA) is 181 Å². The molecule has 0 saturated heterocycles. The van der Waals surface area contributed by atoms with Crippen LogP contribution in [0.3, 0.4) is 0 Å². The van der Waals surface area contributed by atoms with Gasteiger partial charge >= 0.3 is 6.09 Å². The number of nitrogens with two attached hydrogens (primary N) is 1. The summed E-state index contributed by atoms with van der Waals surface area (Å²) >= 11 is 0. The highest BCUT2D eigenvalue weighted by atomic mass is 32.2. The summed E-state index contributed by atoms with van der Waals surface area (Å²) < 4.78 is 45.9. The van der Waals surface area contributed by atoms with Gasteiger partial charge in [0.15, 0.2) is 11.4 Å². The number of anilines is 1. The van der Waals surface area contributed by atoms with Crippen LogP contribution >= 0.6 is 0 Å². The summed E-state index contributed by atoms with van der Waals surface area (Å²) in [5, 5.41) is 10.8. The third-order valence-corrected chi connectivity index (χ3v) is 6.51. The van der Waals surface area contributed by atoms with Crippen LogP contribution in [-0.4, -0.2) is 49.5 Å². The zero-order valence-electron chi connectivity index (χ0n) is 19.2. The molecule has 4 aromatic rings. The van der Waals surface area contributed by atoms with Crippen molar-refractivity contribution in [3.63, 3.8) is 0 Å². The Morgan fingerprint density at radius 3 is 2.69 bits per heavy atom. The Bertz CT molecular complexity index is 1540. The molecular formula is C22H22N6O7S. The predicted molar refractivity (Wildman–Crippen MR) is 127 cm³/mol. The van der Waals surface area contributed by atoms with Crippen LogP contribution in [0.2, 0.25) is 0 Å². The Kier molecular flexibility index (Phi) is 6.78. The Hall–Kier alpha value is -4.59. The number of carbonyl (C=O) groups is 2. The van der Waals surface area contributed by atoms with Crippen LogP contribution in [0, 0.1) is 0 Å². The van der Waals surface area contributed by atoms with Gasteiger partial charge in [-0.05, 0) is 29.8 Å². The number of methoxy groups -OCH3 is 1. The molecule has 13 nitrogen and oxygen atoms in total. The first kappa shape index (κ1) is 24.5. The maximum Gasteiger partial charge on any atom is 0.404 e. The van der Waals surface area contributed by atoms with Gasteiger partial charge < -0.3 is 25.0 Å². The molecular weight excluding hydrogens is 492 g/mol. The number of carbonyl (C=O) groups excluding carboxylic acids is 2. The lowest BCUT2D eigenvalue weighted by Crippen LogP contribution is -2.23. The standard InChI is InChI=1S/C22H22N6O7S/c1-24-21(29)15-5-3-4-6-18(15)36(31,32)27-20-19-16(33-2)7-13(8-17(19)35-26-20)10-28-11-14(9-25-28)12-34-22(23)30/h3-9,11H,10,12H2,1-2H3,(H2,23,30)(H,24,29)(H,26,27). The molecule has 2 aromatic carbocycles. The minimum atomic E-state index is -4.20. The molecule has 4 rings (SSSR count). The predicted octanol–water partition coefficient (Wildman–Crippen LogP) is 1.84. The molecule has 0 spiro atoms. The van der Waals surface area contributed by atoms with Gasteiger partial charge in [-0.15, -0.1) is 0 Å². The van der Waals surface area contributed by atoms with Crippen molar-refractivity contribution < 1.29 is 32.0 Å². The molecule has 0 radical (unpaired) electrons. The van der Waals surface area contributed by atoms with Gasteiger partial charge in [-0.25, -0.2) is 13.2 Å². The highest BCUT2D eigenvalue weighted by Crippen LogP contribution is 2.35. The summed E-state index contributed by atoms with van der Waals surface area (Å²) in [4.78, 5) is 22.7. The zero-order chi connectivity index (χ0) is 25.9. The number of primary amides is 1. The fraction of sp³-hybridized carbons (Fsp3) is 0.182. The summed E-state index contributed by atoms with van der Waals surface area (Å²) in [6, 6.07) is 9.15. The third kappa shape index (κ3) is 5.07. The Labute approximate surface area is 205 Å². The van der Waals surface area contributed by atoms with Crippen LogP contribution < -0.4 is 20.5 Å². The van der Waals surface area contributed by atoms with Crippen LogP contribution in [0.25, 0.3) is 11.0 Å². The van der Waals surface area contributed by atoms with Gasteiger partial charge in [0.2, 0.25) is 0 Å². The molecule has 36 heavy (non-hydrogen) atoms. The normalized spacial score (nSPS) is 11.3. The van der Waals surface area contributed by atoms with Gasteiger partial charge in [0.25, 0.3) is 15.9 Å². The van der Waals surface area contributed by atoms with Crippen molar-refractivity contribution >= 4 is 38.8 Å². The summed E-state index contributed by atoms with van der Waals surface area (Å²) in [6.45, 7) is 0.302. The largest absolute Gasteiger partial charge is 0.496 e. The van der Waals surface area contributed by atoms with Crippen LogP contribution in [-0.2, 0) is 27.9 Å².